The van der Waals surface area contributed by atoms with E-state index >= 15 is 0 Å². The Hall–Kier alpha value is -3.73. The van der Waals surface area contributed by atoms with Crippen LogP contribution in [0.5, 0.6) is 5.75 Å². The van der Waals surface area contributed by atoms with Crippen molar-refractivity contribution in [2.45, 2.75) is 39.0 Å². The van der Waals surface area contributed by atoms with Crippen LogP contribution in [0.25, 0.3) is 0 Å². The summed E-state index contributed by atoms with van der Waals surface area (Å²) in [4.78, 5) is 23.6. The lowest BCUT2D eigenvalue weighted by Crippen LogP contribution is -2.44. The molecule has 1 amide bonds. The highest BCUT2D eigenvalue weighted by atomic mass is 16.5. The maximum atomic E-state index is 12.2. The second-order valence-corrected chi connectivity index (χ2v) is 10.3. The number of nitrogens with one attached hydrogen (secondary N) is 4. The minimum absolute atomic E-state index is 0.159. The lowest BCUT2D eigenvalue weighted by Gasteiger charge is -2.25. The number of aromatic nitrogens is 2. The topological polar surface area (TPSA) is 124 Å². The molecule has 10 heteroatoms. The third-order valence-corrected chi connectivity index (χ3v) is 7.43. The number of fused-ring (bicyclic) bond motifs is 1. The van der Waals surface area contributed by atoms with Crippen molar-refractivity contribution in [3.8, 4) is 5.75 Å². The summed E-state index contributed by atoms with van der Waals surface area (Å²) < 4.78 is 5.80. The smallest absolute Gasteiger partial charge is 0.253 e. The van der Waals surface area contributed by atoms with Crippen LogP contribution in [0.15, 0.2) is 42.6 Å². The maximum absolute atomic E-state index is 12.2. The minimum atomic E-state index is -0.159. The fourth-order valence-electron chi connectivity index (χ4n) is 5.18. The molecule has 1 fully saturated rings. The largest absolute Gasteiger partial charge is 0.494 e. The SMILES string of the molecule is CNC(=O)c1ccccc1Nc1nc(Nc2ccc3c(c2OC)CCCCC3)ncc1C.OCCN1CCNCC1. The van der Waals surface area contributed by atoms with Gasteiger partial charge in [-0.3, -0.25) is 9.69 Å². The zero-order chi connectivity index (χ0) is 29.0. The van der Waals surface area contributed by atoms with Crippen molar-refractivity contribution in [3.63, 3.8) is 0 Å². The molecule has 0 bridgehead atoms. The fraction of sp³-hybridized carbons (Fsp3) is 0.452. The number of aliphatic hydroxyl groups excluding tert-OH is 1. The van der Waals surface area contributed by atoms with Crippen LogP contribution in [0.2, 0.25) is 0 Å². The zero-order valence-corrected chi connectivity index (χ0v) is 24.4. The highest BCUT2D eigenvalue weighted by Crippen LogP contribution is 2.36. The number of carbonyl (C=O) groups is 1. The number of anilines is 4. The molecule has 0 spiro atoms. The molecular formula is C31H43N7O3. The van der Waals surface area contributed by atoms with E-state index in [4.69, 9.17) is 9.84 Å². The van der Waals surface area contributed by atoms with E-state index in [0.717, 1.165) is 62.6 Å². The molecule has 1 aliphatic heterocycles. The molecule has 0 atom stereocenters. The summed E-state index contributed by atoms with van der Waals surface area (Å²) in [6.07, 6.45) is 7.51. The van der Waals surface area contributed by atoms with Gasteiger partial charge in [0.15, 0.2) is 0 Å². The lowest BCUT2D eigenvalue weighted by atomic mass is 10.0. The molecule has 0 radical (unpaired) electrons. The number of para-hydroxylation sites is 1. The second kappa shape index (κ2) is 15.3. The Bertz CT molecular complexity index is 1290. The summed E-state index contributed by atoms with van der Waals surface area (Å²) in [5.41, 5.74) is 5.60. The average molecular weight is 562 g/mol. The summed E-state index contributed by atoms with van der Waals surface area (Å²) in [5, 5.41) is 21.1. The van der Waals surface area contributed by atoms with E-state index in [1.165, 1.54) is 30.4 Å². The first-order valence-corrected chi connectivity index (χ1v) is 14.5. The fourth-order valence-corrected chi connectivity index (χ4v) is 5.18. The van der Waals surface area contributed by atoms with Gasteiger partial charge in [0.05, 0.1) is 30.7 Å². The molecule has 5 N–H and O–H groups in total. The Kier molecular flexibility index (Phi) is 11.3. The number of amides is 1. The Labute approximate surface area is 242 Å². The van der Waals surface area contributed by atoms with Gasteiger partial charge < -0.3 is 31.1 Å². The van der Waals surface area contributed by atoms with Crippen molar-refractivity contribution in [3.05, 3.63) is 64.8 Å². The van der Waals surface area contributed by atoms with Gasteiger partial charge in [-0.05, 0) is 61.9 Å². The van der Waals surface area contributed by atoms with Gasteiger partial charge in [-0.25, -0.2) is 4.98 Å². The van der Waals surface area contributed by atoms with Crippen molar-refractivity contribution in [1.82, 2.24) is 25.5 Å². The lowest BCUT2D eigenvalue weighted by molar-refractivity contribution is 0.0964. The number of rotatable bonds is 8. The molecule has 10 nitrogen and oxygen atoms in total. The highest BCUT2D eigenvalue weighted by Gasteiger charge is 2.18. The minimum Gasteiger partial charge on any atom is -0.494 e. The number of hydrogen-bond acceptors (Lipinski definition) is 9. The molecule has 2 heterocycles. The third kappa shape index (κ3) is 8.16. The second-order valence-electron chi connectivity index (χ2n) is 10.3. The predicted octanol–water partition coefficient (Wildman–Crippen LogP) is 3.79. The average Bonchev–Trinajstić information content (AvgIpc) is 3.25. The number of aliphatic hydroxyl groups is 1. The molecule has 1 aliphatic carbocycles. The van der Waals surface area contributed by atoms with Crippen LogP contribution >= 0.6 is 0 Å². The molecule has 220 valence electrons. The van der Waals surface area contributed by atoms with Gasteiger partial charge in [0.1, 0.15) is 11.6 Å². The summed E-state index contributed by atoms with van der Waals surface area (Å²) in [6, 6.07) is 11.6. The standard InChI is InChI=1S/C25H29N5O2.C6H14N2O/c1-16-15-27-25(30-23(16)28-20-12-8-7-11-19(20)24(31)26-2)29-21-14-13-17-9-5-4-6-10-18(17)22(21)32-3;9-6-5-8-3-1-7-2-4-8/h7-8,11-15H,4-6,9-10H2,1-3H3,(H,26,31)(H2,27,28,29,30);7,9H,1-6H2. The van der Waals surface area contributed by atoms with Gasteiger partial charge in [-0.1, -0.05) is 24.6 Å². The number of β-amino-alcohol motifs (C(OH)–C–C–N with tert-alkyl or cyclic N) is 1. The van der Waals surface area contributed by atoms with Crippen LogP contribution in [-0.2, 0) is 12.8 Å². The first-order chi connectivity index (χ1) is 20.0. The number of methoxy groups -OCH3 is 1. The highest BCUT2D eigenvalue weighted by molar-refractivity contribution is 6.00. The first kappa shape index (κ1) is 30.2. The molecule has 2 aliphatic rings. The van der Waals surface area contributed by atoms with Crippen LogP contribution < -0.4 is 26.0 Å². The van der Waals surface area contributed by atoms with Crippen LogP contribution in [0.3, 0.4) is 0 Å². The zero-order valence-electron chi connectivity index (χ0n) is 24.4. The van der Waals surface area contributed by atoms with Crippen LogP contribution in [-0.4, -0.2) is 79.4 Å². The molecular weight excluding hydrogens is 518 g/mol. The van der Waals surface area contributed by atoms with Crippen molar-refractivity contribution in [1.29, 1.82) is 0 Å². The van der Waals surface area contributed by atoms with Crippen molar-refractivity contribution in [2.75, 3.05) is 64.1 Å². The van der Waals surface area contributed by atoms with E-state index in [0.29, 0.717) is 29.6 Å². The Morgan fingerprint density at radius 1 is 1.05 bits per heavy atom. The molecule has 3 aromatic rings. The van der Waals surface area contributed by atoms with Gasteiger partial charge in [0, 0.05) is 51.5 Å². The Morgan fingerprint density at radius 2 is 1.83 bits per heavy atom. The number of hydrogen-bond donors (Lipinski definition) is 5. The Balaban J connectivity index is 0.000000367. The maximum Gasteiger partial charge on any atom is 0.253 e. The summed E-state index contributed by atoms with van der Waals surface area (Å²) >= 11 is 0. The molecule has 1 saturated heterocycles. The number of aryl methyl sites for hydroxylation is 2. The normalized spacial score (nSPS) is 15.0. The van der Waals surface area contributed by atoms with E-state index in [1.807, 2.05) is 31.2 Å². The molecule has 5 rings (SSSR count). The van der Waals surface area contributed by atoms with E-state index < -0.39 is 0 Å². The summed E-state index contributed by atoms with van der Waals surface area (Å²) in [6.45, 7) is 7.36. The molecule has 0 saturated carbocycles. The Morgan fingerprint density at radius 3 is 2.59 bits per heavy atom. The van der Waals surface area contributed by atoms with E-state index in [1.54, 1.807) is 26.4 Å². The van der Waals surface area contributed by atoms with Crippen molar-refractivity contribution >= 4 is 29.0 Å². The molecule has 0 unspecified atom stereocenters. The van der Waals surface area contributed by atoms with E-state index in [9.17, 15) is 4.79 Å². The van der Waals surface area contributed by atoms with E-state index in [2.05, 4.69) is 42.2 Å². The van der Waals surface area contributed by atoms with Crippen molar-refractivity contribution < 1.29 is 14.6 Å². The quantitative estimate of drug-likeness (QED) is 0.261. The first-order valence-electron chi connectivity index (χ1n) is 14.5. The number of benzene rings is 2. The third-order valence-electron chi connectivity index (χ3n) is 7.43. The number of piperazine rings is 1. The summed E-state index contributed by atoms with van der Waals surface area (Å²) in [5.74, 6) is 1.80. The van der Waals surface area contributed by atoms with Gasteiger partial charge in [0.2, 0.25) is 5.95 Å². The number of ether oxygens (including phenoxy) is 1. The van der Waals surface area contributed by atoms with Gasteiger partial charge in [-0.15, -0.1) is 0 Å². The van der Waals surface area contributed by atoms with Gasteiger partial charge in [0.25, 0.3) is 5.91 Å². The molecule has 1 aromatic heterocycles. The summed E-state index contributed by atoms with van der Waals surface area (Å²) in [7, 11) is 3.33. The van der Waals surface area contributed by atoms with Gasteiger partial charge in [-0.2, -0.15) is 4.98 Å². The van der Waals surface area contributed by atoms with Crippen molar-refractivity contribution in [2.24, 2.45) is 0 Å². The van der Waals surface area contributed by atoms with E-state index in [-0.39, 0.29) is 5.91 Å². The predicted molar refractivity (Wildman–Crippen MR) is 164 cm³/mol. The number of nitrogens with zero attached hydrogens (tertiary/aromatic N) is 3. The van der Waals surface area contributed by atoms with Crippen LogP contribution in [0.4, 0.5) is 23.1 Å². The van der Waals surface area contributed by atoms with Crippen LogP contribution in [0, 0.1) is 6.92 Å². The number of carbonyl (C=O) groups excluding carboxylic acids is 1. The molecule has 41 heavy (non-hydrogen) atoms. The molecule has 2 aromatic carbocycles. The van der Waals surface area contributed by atoms with Crippen LogP contribution in [0.1, 0.15) is 46.3 Å². The van der Waals surface area contributed by atoms with Gasteiger partial charge >= 0.3 is 0 Å². The monoisotopic (exact) mass is 561 g/mol.